The summed E-state index contributed by atoms with van der Waals surface area (Å²) in [6, 6.07) is 0. The molecule has 0 amide bonds. The molecule has 0 aliphatic heterocycles. The van der Waals surface area contributed by atoms with E-state index in [-0.39, 0.29) is 26.2 Å². The average Bonchev–Trinajstić information content (AvgIpc) is 2.28. The molecule has 0 aliphatic rings. The fourth-order valence-corrected chi connectivity index (χ4v) is 3.99. The molecule has 1 atom stereocenters. The zero-order valence-electron chi connectivity index (χ0n) is 10.8. The molecule has 17 heavy (non-hydrogen) atoms. The maximum Gasteiger partial charge on any atom is 0.577 e. The van der Waals surface area contributed by atoms with E-state index in [2.05, 4.69) is 0 Å². The molecule has 0 aromatic rings. The van der Waals surface area contributed by atoms with Gasteiger partial charge in [-0.15, -0.1) is 0 Å². The first-order valence-corrected chi connectivity index (χ1v) is 7.57. The summed E-state index contributed by atoms with van der Waals surface area (Å²) in [6.07, 6.45) is -2.63. The molecule has 0 aliphatic carbocycles. The van der Waals surface area contributed by atoms with Crippen LogP contribution in [0.3, 0.4) is 0 Å². The van der Waals surface area contributed by atoms with E-state index in [1.165, 1.54) is 6.92 Å². The first kappa shape index (κ1) is 16.9. The molecule has 0 bridgehead atoms. The molecule has 104 valence electrons. The number of alkyl halides is 3. The molecule has 0 fully saturated rings. The predicted octanol–water partition coefficient (Wildman–Crippen LogP) is 2.96. The van der Waals surface area contributed by atoms with Gasteiger partial charge in [0.15, 0.2) is 6.17 Å². The van der Waals surface area contributed by atoms with Crippen LogP contribution >= 0.6 is 0 Å². The van der Waals surface area contributed by atoms with Gasteiger partial charge in [0, 0.05) is 19.8 Å². The van der Waals surface area contributed by atoms with Gasteiger partial charge in [-0.05, 0) is 27.2 Å². The highest BCUT2D eigenvalue weighted by molar-refractivity contribution is 6.63. The number of hydrogen-bond acceptors (Lipinski definition) is 3. The van der Waals surface area contributed by atoms with E-state index >= 15 is 0 Å². The molecular weight excluding hydrogens is 253 g/mol. The summed E-state index contributed by atoms with van der Waals surface area (Å²) in [5, 5.41) is 0. The van der Waals surface area contributed by atoms with Crippen LogP contribution in [0.1, 0.15) is 34.1 Å². The van der Waals surface area contributed by atoms with Crippen molar-refractivity contribution in [2.24, 2.45) is 0 Å². The first-order valence-electron chi connectivity index (χ1n) is 5.85. The van der Waals surface area contributed by atoms with E-state index in [1.807, 2.05) is 0 Å². The van der Waals surface area contributed by atoms with Gasteiger partial charge >= 0.3 is 14.4 Å². The van der Waals surface area contributed by atoms with Crippen LogP contribution in [-0.2, 0) is 13.3 Å². The average molecular weight is 274 g/mol. The third-order valence-electron chi connectivity index (χ3n) is 2.16. The lowest BCUT2D eigenvalue weighted by Gasteiger charge is -2.35. The highest BCUT2D eigenvalue weighted by Crippen LogP contribution is 2.36. The Kier molecular flexibility index (Phi) is 7.30. The molecule has 3 nitrogen and oxygen atoms in total. The van der Waals surface area contributed by atoms with E-state index in [0.29, 0.717) is 0 Å². The zero-order valence-corrected chi connectivity index (χ0v) is 11.8. The second kappa shape index (κ2) is 7.35. The largest absolute Gasteiger partial charge is 0.577 e. The van der Waals surface area contributed by atoms with Gasteiger partial charge in [0.1, 0.15) is 0 Å². The van der Waals surface area contributed by atoms with Crippen LogP contribution in [-0.4, -0.2) is 40.3 Å². The van der Waals surface area contributed by atoms with Crippen LogP contribution in [0.25, 0.3) is 0 Å². The number of halogens is 3. The molecule has 7 heteroatoms. The van der Waals surface area contributed by atoms with E-state index in [1.54, 1.807) is 20.8 Å². The zero-order chi connectivity index (χ0) is 13.5. The van der Waals surface area contributed by atoms with Crippen molar-refractivity contribution in [1.82, 2.24) is 0 Å². The van der Waals surface area contributed by atoms with Crippen LogP contribution < -0.4 is 0 Å². The minimum Gasteiger partial charge on any atom is -0.370 e. The van der Waals surface area contributed by atoms with Gasteiger partial charge in [-0.2, -0.15) is 8.78 Å². The summed E-state index contributed by atoms with van der Waals surface area (Å²) in [4.78, 5) is 0. The molecule has 0 aromatic carbocycles. The summed E-state index contributed by atoms with van der Waals surface area (Å²) < 4.78 is 56.4. The fraction of sp³-hybridized carbons (Fsp3) is 1.00. The first-order chi connectivity index (χ1) is 7.91. The number of rotatable bonds is 9. The van der Waals surface area contributed by atoms with Crippen LogP contribution in [0.2, 0.25) is 0 Å². The second-order valence-electron chi connectivity index (χ2n) is 3.35. The molecule has 0 aromatic heterocycles. The summed E-state index contributed by atoms with van der Waals surface area (Å²) >= 11 is 0. The minimum atomic E-state index is -4.32. The lowest BCUT2D eigenvalue weighted by Crippen LogP contribution is -2.64. The van der Waals surface area contributed by atoms with Gasteiger partial charge in [0.25, 0.3) is 0 Å². The third kappa shape index (κ3) is 3.67. The monoisotopic (exact) mass is 274 g/mol. The molecule has 0 N–H and O–H groups in total. The van der Waals surface area contributed by atoms with E-state index in [4.69, 9.17) is 13.3 Å². The second-order valence-corrected chi connectivity index (χ2v) is 6.00. The Bertz CT molecular complexity index is 200. The van der Waals surface area contributed by atoms with Gasteiger partial charge in [0.2, 0.25) is 0 Å². The summed E-state index contributed by atoms with van der Waals surface area (Å²) in [6.45, 7) is 6.00. The van der Waals surface area contributed by atoms with Crippen LogP contribution in [0.5, 0.6) is 0 Å². The van der Waals surface area contributed by atoms with Crippen molar-refractivity contribution in [3.05, 3.63) is 0 Å². The maximum atomic E-state index is 14.0. The van der Waals surface area contributed by atoms with E-state index < -0.39 is 20.5 Å². The molecule has 0 rings (SSSR count). The van der Waals surface area contributed by atoms with Crippen molar-refractivity contribution in [1.29, 1.82) is 0 Å². The normalized spacial score (nSPS) is 15.0. The topological polar surface area (TPSA) is 27.7 Å². The van der Waals surface area contributed by atoms with Crippen molar-refractivity contribution in [2.45, 2.75) is 45.8 Å². The van der Waals surface area contributed by atoms with Gasteiger partial charge in [-0.25, -0.2) is 4.39 Å². The lowest BCUT2D eigenvalue weighted by molar-refractivity contribution is -0.0923. The van der Waals surface area contributed by atoms with E-state index in [0.717, 1.165) is 0 Å². The summed E-state index contributed by atoms with van der Waals surface area (Å²) in [5.41, 5.74) is -3.72. The highest BCUT2D eigenvalue weighted by Gasteiger charge is 2.68. The Balaban J connectivity index is 5.21. The van der Waals surface area contributed by atoms with Crippen molar-refractivity contribution in [3.63, 3.8) is 0 Å². The molecule has 0 spiro atoms. The molecule has 0 saturated carbocycles. The lowest BCUT2D eigenvalue weighted by atomic mass is 10.3. The van der Waals surface area contributed by atoms with Crippen molar-refractivity contribution < 1.29 is 26.4 Å². The molecule has 0 radical (unpaired) electrons. The van der Waals surface area contributed by atoms with Crippen molar-refractivity contribution >= 4 is 8.80 Å². The smallest absolute Gasteiger partial charge is 0.370 e. The van der Waals surface area contributed by atoms with Crippen LogP contribution in [0.4, 0.5) is 13.2 Å². The highest BCUT2D eigenvalue weighted by atomic mass is 28.4. The maximum absolute atomic E-state index is 14.0. The molecular formula is C10H21F3O3Si. The Morgan fingerprint density at radius 1 is 0.941 bits per heavy atom. The van der Waals surface area contributed by atoms with Crippen LogP contribution in [0.15, 0.2) is 0 Å². The summed E-state index contributed by atoms with van der Waals surface area (Å²) in [7, 11) is -4.32. The summed E-state index contributed by atoms with van der Waals surface area (Å²) in [5.74, 6) is 0. The van der Waals surface area contributed by atoms with Crippen molar-refractivity contribution in [3.8, 4) is 0 Å². The Morgan fingerprint density at radius 3 is 1.53 bits per heavy atom. The van der Waals surface area contributed by atoms with E-state index in [9.17, 15) is 13.2 Å². The number of hydrogen-bond donors (Lipinski definition) is 0. The molecule has 0 heterocycles. The SMILES string of the molecule is CCO[Si](OCC)(OCC)C(F)(F)C(F)CC. The predicted molar refractivity (Wildman–Crippen MR) is 60.8 cm³/mol. The Labute approximate surface area is 102 Å². The fourth-order valence-electron chi connectivity index (χ4n) is 1.43. The Morgan fingerprint density at radius 2 is 1.29 bits per heavy atom. The molecule has 0 saturated heterocycles. The third-order valence-corrected chi connectivity index (χ3v) is 5.30. The van der Waals surface area contributed by atoms with Crippen molar-refractivity contribution in [2.75, 3.05) is 19.8 Å². The van der Waals surface area contributed by atoms with Gasteiger partial charge < -0.3 is 13.3 Å². The van der Waals surface area contributed by atoms with Crippen LogP contribution in [0, 0.1) is 0 Å². The Hall–Kier alpha value is -0.113. The van der Waals surface area contributed by atoms with Gasteiger partial charge in [-0.3, -0.25) is 0 Å². The van der Waals surface area contributed by atoms with Gasteiger partial charge in [-0.1, -0.05) is 6.92 Å². The van der Waals surface area contributed by atoms with Gasteiger partial charge in [0.05, 0.1) is 0 Å². The standard InChI is InChI=1S/C10H21F3O3Si/c1-5-9(11)10(12,13)17(14-6-2,15-7-3)16-8-4/h9H,5-8H2,1-4H3. The molecule has 1 unspecified atom stereocenters. The minimum absolute atomic E-state index is 0.00174. The quantitative estimate of drug-likeness (QED) is 0.605.